The van der Waals surface area contributed by atoms with Crippen molar-refractivity contribution in [2.75, 3.05) is 32.7 Å². The highest BCUT2D eigenvalue weighted by atomic mass is 19.3. The number of benzene rings is 1. The highest BCUT2D eigenvalue weighted by molar-refractivity contribution is 5.83. The number of aromatic nitrogens is 1. The van der Waals surface area contributed by atoms with Crippen LogP contribution in [0, 0.1) is 5.82 Å². The van der Waals surface area contributed by atoms with E-state index >= 15 is 0 Å². The number of nitrogens with one attached hydrogen (secondary N) is 3. The zero-order chi connectivity index (χ0) is 19.9. The molecule has 154 valence electrons. The van der Waals surface area contributed by atoms with Crippen molar-refractivity contribution in [3.05, 3.63) is 35.8 Å². The minimum Gasteiger partial charge on any atom is -0.361 e. The number of hydrogen-bond donors (Lipinski definition) is 3. The highest BCUT2D eigenvalue weighted by Crippen LogP contribution is 2.20. The number of hydrogen-bond acceptors (Lipinski definition) is 2. The molecule has 8 heteroatoms. The molecule has 0 aliphatic carbocycles. The summed E-state index contributed by atoms with van der Waals surface area (Å²) in [5.41, 5.74) is 1.95. The van der Waals surface area contributed by atoms with Crippen LogP contribution in [-0.4, -0.2) is 61.0 Å². The molecule has 3 rings (SSSR count). The van der Waals surface area contributed by atoms with Crippen LogP contribution in [0.3, 0.4) is 0 Å². The number of H-pyrrole nitrogens is 1. The van der Waals surface area contributed by atoms with Gasteiger partial charge >= 0.3 is 0 Å². The monoisotopic (exact) mass is 395 g/mol. The predicted molar refractivity (Wildman–Crippen MR) is 107 cm³/mol. The maximum Gasteiger partial charge on any atom is 0.251 e. The SMILES string of the molecule is CCNC(=NCCc1c[nH]c2ccc(F)cc12)NC1CCN(CC(F)F)CC1. The first-order chi connectivity index (χ1) is 13.5. The fourth-order valence-electron chi connectivity index (χ4n) is 3.61. The lowest BCUT2D eigenvalue weighted by molar-refractivity contribution is 0.0744. The van der Waals surface area contributed by atoms with E-state index in [1.165, 1.54) is 6.07 Å². The van der Waals surface area contributed by atoms with Gasteiger partial charge < -0.3 is 15.6 Å². The van der Waals surface area contributed by atoms with Crippen LogP contribution in [0.25, 0.3) is 10.9 Å². The van der Waals surface area contributed by atoms with Gasteiger partial charge in [0.15, 0.2) is 5.96 Å². The van der Waals surface area contributed by atoms with E-state index in [0.717, 1.165) is 41.8 Å². The van der Waals surface area contributed by atoms with E-state index in [4.69, 9.17) is 0 Å². The molecular formula is C20H28F3N5. The van der Waals surface area contributed by atoms with Crippen molar-refractivity contribution in [3.63, 3.8) is 0 Å². The Kier molecular flexibility index (Phi) is 7.19. The first-order valence-corrected chi connectivity index (χ1v) is 9.86. The second-order valence-electron chi connectivity index (χ2n) is 7.12. The summed E-state index contributed by atoms with van der Waals surface area (Å²) in [6.45, 7) is 4.51. The molecule has 3 N–H and O–H groups in total. The maximum atomic E-state index is 13.5. The van der Waals surface area contributed by atoms with E-state index < -0.39 is 6.43 Å². The number of nitrogens with zero attached hydrogens (tertiary/aromatic N) is 2. The minimum absolute atomic E-state index is 0.147. The highest BCUT2D eigenvalue weighted by Gasteiger charge is 2.21. The molecule has 28 heavy (non-hydrogen) atoms. The van der Waals surface area contributed by atoms with Crippen LogP contribution >= 0.6 is 0 Å². The topological polar surface area (TPSA) is 55.5 Å². The Balaban J connectivity index is 1.53. The number of piperidine rings is 1. The average molecular weight is 395 g/mol. The predicted octanol–water partition coefficient (Wildman–Crippen LogP) is 3.13. The zero-order valence-electron chi connectivity index (χ0n) is 16.1. The van der Waals surface area contributed by atoms with Crippen molar-refractivity contribution in [2.24, 2.45) is 4.99 Å². The van der Waals surface area contributed by atoms with Crippen molar-refractivity contribution in [3.8, 4) is 0 Å². The van der Waals surface area contributed by atoms with Crippen molar-refractivity contribution in [2.45, 2.75) is 38.7 Å². The van der Waals surface area contributed by atoms with Gasteiger partial charge in [0.25, 0.3) is 6.43 Å². The lowest BCUT2D eigenvalue weighted by Crippen LogP contribution is -2.49. The van der Waals surface area contributed by atoms with Gasteiger partial charge in [-0.15, -0.1) is 0 Å². The van der Waals surface area contributed by atoms with Crippen LogP contribution in [-0.2, 0) is 6.42 Å². The molecule has 0 spiro atoms. The van der Waals surface area contributed by atoms with Crippen LogP contribution < -0.4 is 10.6 Å². The molecule has 0 radical (unpaired) electrons. The molecule has 2 aromatic rings. The zero-order valence-corrected chi connectivity index (χ0v) is 16.1. The van der Waals surface area contributed by atoms with E-state index in [0.29, 0.717) is 26.1 Å². The smallest absolute Gasteiger partial charge is 0.251 e. The number of guanidine groups is 1. The molecular weight excluding hydrogens is 367 g/mol. The lowest BCUT2D eigenvalue weighted by atomic mass is 10.1. The minimum atomic E-state index is -2.28. The van der Waals surface area contributed by atoms with Gasteiger partial charge in [0.2, 0.25) is 0 Å². The first kappa shape index (κ1) is 20.5. The molecule has 2 heterocycles. The summed E-state index contributed by atoms with van der Waals surface area (Å²) in [6, 6.07) is 4.96. The van der Waals surface area contributed by atoms with Crippen molar-refractivity contribution < 1.29 is 13.2 Å². The van der Waals surface area contributed by atoms with Gasteiger partial charge in [-0.05, 0) is 49.9 Å². The molecule has 1 aromatic heterocycles. The van der Waals surface area contributed by atoms with Gasteiger partial charge in [0, 0.05) is 49.3 Å². The van der Waals surface area contributed by atoms with E-state index in [-0.39, 0.29) is 18.4 Å². The number of likely N-dealkylation sites (tertiary alicyclic amines) is 1. The summed E-state index contributed by atoms with van der Waals surface area (Å²) in [5, 5.41) is 7.54. The number of halogens is 3. The maximum absolute atomic E-state index is 13.5. The van der Waals surface area contributed by atoms with Gasteiger partial charge in [0.05, 0.1) is 6.54 Å². The molecule has 0 atom stereocenters. The Morgan fingerprint density at radius 3 is 2.82 bits per heavy atom. The molecule has 1 saturated heterocycles. The normalized spacial score (nSPS) is 16.8. The summed E-state index contributed by atoms with van der Waals surface area (Å²) in [5.74, 6) is 0.492. The number of aliphatic imine (C=N–C) groups is 1. The summed E-state index contributed by atoms with van der Waals surface area (Å²) in [4.78, 5) is 9.60. The van der Waals surface area contributed by atoms with Gasteiger partial charge in [-0.1, -0.05) is 0 Å². The molecule has 1 aromatic carbocycles. The largest absolute Gasteiger partial charge is 0.361 e. The lowest BCUT2D eigenvalue weighted by Gasteiger charge is -2.32. The Labute approximate surface area is 163 Å². The first-order valence-electron chi connectivity index (χ1n) is 9.86. The standard InChI is InChI=1S/C20H28F3N5/c1-2-24-20(27-16-6-9-28(10-7-16)13-19(22)23)25-8-5-14-12-26-18-4-3-15(21)11-17(14)18/h3-4,11-12,16,19,26H,2,5-10,13H2,1H3,(H2,24,25,27). The summed E-state index contributed by atoms with van der Waals surface area (Å²) < 4.78 is 38.5. The number of alkyl halides is 2. The van der Waals surface area contributed by atoms with E-state index in [1.54, 1.807) is 12.1 Å². The molecule has 0 unspecified atom stereocenters. The third-order valence-corrected chi connectivity index (χ3v) is 5.05. The number of rotatable bonds is 7. The molecule has 0 amide bonds. The molecule has 0 bridgehead atoms. The van der Waals surface area contributed by atoms with Gasteiger partial charge in [0.1, 0.15) is 5.82 Å². The fraction of sp³-hybridized carbons (Fsp3) is 0.550. The third-order valence-electron chi connectivity index (χ3n) is 5.05. The molecule has 1 fully saturated rings. The van der Waals surface area contributed by atoms with Crippen LogP contribution in [0.15, 0.2) is 29.4 Å². The second kappa shape index (κ2) is 9.82. The van der Waals surface area contributed by atoms with E-state index in [2.05, 4.69) is 20.6 Å². The third kappa shape index (κ3) is 5.64. The Bertz CT molecular complexity index is 781. The summed E-state index contributed by atoms with van der Waals surface area (Å²) in [6.07, 6.45) is 1.96. The van der Waals surface area contributed by atoms with Gasteiger partial charge in [-0.2, -0.15) is 0 Å². The summed E-state index contributed by atoms with van der Waals surface area (Å²) >= 11 is 0. The van der Waals surface area contributed by atoms with Crippen LogP contribution in [0.1, 0.15) is 25.3 Å². The quantitative estimate of drug-likeness (QED) is 0.499. The van der Waals surface area contributed by atoms with Crippen molar-refractivity contribution in [1.29, 1.82) is 0 Å². The van der Waals surface area contributed by atoms with E-state index in [9.17, 15) is 13.2 Å². The second-order valence-corrected chi connectivity index (χ2v) is 7.12. The summed E-state index contributed by atoms with van der Waals surface area (Å²) in [7, 11) is 0. The van der Waals surface area contributed by atoms with Gasteiger partial charge in [-0.25, -0.2) is 13.2 Å². The van der Waals surface area contributed by atoms with Crippen molar-refractivity contribution in [1.82, 2.24) is 20.5 Å². The van der Waals surface area contributed by atoms with Crippen LogP contribution in [0.2, 0.25) is 0 Å². The Morgan fingerprint density at radius 1 is 1.32 bits per heavy atom. The van der Waals surface area contributed by atoms with Gasteiger partial charge in [-0.3, -0.25) is 9.89 Å². The average Bonchev–Trinajstić information content (AvgIpc) is 3.05. The van der Waals surface area contributed by atoms with E-state index in [1.807, 2.05) is 18.0 Å². The number of aromatic amines is 1. The van der Waals surface area contributed by atoms with Crippen LogP contribution in [0.4, 0.5) is 13.2 Å². The Hall–Kier alpha value is -2.22. The number of fused-ring (bicyclic) bond motifs is 1. The van der Waals surface area contributed by atoms with Crippen LogP contribution in [0.5, 0.6) is 0 Å². The molecule has 0 saturated carbocycles. The molecule has 1 aliphatic heterocycles. The fourth-order valence-corrected chi connectivity index (χ4v) is 3.61. The van der Waals surface area contributed by atoms with Crippen molar-refractivity contribution >= 4 is 16.9 Å². The molecule has 5 nitrogen and oxygen atoms in total. The molecule has 1 aliphatic rings. The Morgan fingerprint density at radius 2 is 2.11 bits per heavy atom.